The average molecular weight is 308 g/mol. The third-order valence-corrected chi connectivity index (χ3v) is 2.92. The molecule has 0 unspecified atom stereocenters. The molecule has 4 heteroatoms. The molecule has 2 rings (SSSR count). The molecular formula is C14H11BrFNO. The lowest BCUT2D eigenvalue weighted by atomic mass is 10.2. The standard InChI is InChI=1S/C14H11BrFNO/c15-12-5-1-3-10(7-12)9-17-14(18)11-4-2-6-13(16)8-11/h1-8H,9H2,(H,17,18). The van der Waals surface area contributed by atoms with Crippen molar-refractivity contribution >= 4 is 21.8 Å². The summed E-state index contributed by atoms with van der Waals surface area (Å²) in [5, 5.41) is 2.74. The second-order valence-corrected chi connectivity index (χ2v) is 4.74. The van der Waals surface area contributed by atoms with Crippen LogP contribution in [0.5, 0.6) is 0 Å². The summed E-state index contributed by atoms with van der Waals surface area (Å²) in [6.07, 6.45) is 0. The van der Waals surface area contributed by atoms with Gasteiger partial charge in [0, 0.05) is 16.6 Å². The molecule has 0 saturated carbocycles. The van der Waals surface area contributed by atoms with Crippen LogP contribution >= 0.6 is 15.9 Å². The average Bonchev–Trinajstić information content (AvgIpc) is 2.36. The molecule has 0 bridgehead atoms. The number of amides is 1. The summed E-state index contributed by atoms with van der Waals surface area (Å²) in [5.74, 6) is -0.695. The topological polar surface area (TPSA) is 29.1 Å². The van der Waals surface area contributed by atoms with Gasteiger partial charge < -0.3 is 5.32 Å². The smallest absolute Gasteiger partial charge is 0.251 e. The SMILES string of the molecule is O=C(NCc1cccc(Br)c1)c1cccc(F)c1. The quantitative estimate of drug-likeness (QED) is 0.923. The molecule has 1 amide bonds. The molecule has 0 aromatic heterocycles. The first-order valence-corrected chi connectivity index (χ1v) is 6.22. The third-order valence-electron chi connectivity index (χ3n) is 2.43. The summed E-state index contributed by atoms with van der Waals surface area (Å²) in [6, 6.07) is 13.3. The highest BCUT2D eigenvalue weighted by molar-refractivity contribution is 9.10. The van der Waals surface area contributed by atoms with Crippen LogP contribution in [0.25, 0.3) is 0 Å². The Morgan fingerprint density at radius 1 is 1.17 bits per heavy atom. The first-order chi connectivity index (χ1) is 8.65. The van der Waals surface area contributed by atoms with Crippen LogP contribution in [0, 0.1) is 5.82 Å². The van der Waals surface area contributed by atoms with Gasteiger partial charge in [0.15, 0.2) is 0 Å². The van der Waals surface area contributed by atoms with Crippen LogP contribution < -0.4 is 5.32 Å². The third kappa shape index (κ3) is 3.40. The summed E-state index contributed by atoms with van der Waals surface area (Å²) >= 11 is 3.36. The molecule has 18 heavy (non-hydrogen) atoms. The van der Waals surface area contributed by atoms with Gasteiger partial charge in [-0.25, -0.2) is 4.39 Å². The summed E-state index contributed by atoms with van der Waals surface area (Å²) in [5.41, 5.74) is 1.30. The van der Waals surface area contributed by atoms with Crippen molar-refractivity contribution in [1.29, 1.82) is 0 Å². The van der Waals surface area contributed by atoms with Crippen molar-refractivity contribution in [2.24, 2.45) is 0 Å². The Labute approximate surface area is 113 Å². The van der Waals surface area contributed by atoms with Crippen molar-refractivity contribution < 1.29 is 9.18 Å². The fourth-order valence-corrected chi connectivity index (χ4v) is 2.01. The largest absolute Gasteiger partial charge is 0.348 e. The molecule has 0 aliphatic heterocycles. The van der Waals surface area contributed by atoms with Crippen LogP contribution in [0.1, 0.15) is 15.9 Å². The van der Waals surface area contributed by atoms with E-state index >= 15 is 0 Å². The van der Waals surface area contributed by atoms with Crippen LogP contribution in [0.4, 0.5) is 4.39 Å². The minimum atomic E-state index is -0.412. The van der Waals surface area contributed by atoms with E-state index in [4.69, 9.17) is 0 Å². The number of hydrogen-bond acceptors (Lipinski definition) is 1. The van der Waals surface area contributed by atoms with Crippen molar-refractivity contribution in [3.8, 4) is 0 Å². The molecule has 0 heterocycles. The molecule has 2 aromatic rings. The highest BCUT2D eigenvalue weighted by Crippen LogP contribution is 2.11. The maximum atomic E-state index is 13.0. The highest BCUT2D eigenvalue weighted by atomic mass is 79.9. The van der Waals surface area contributed by atoms with Gasteiger partial charge >= 0.3 is 0 Å². The lowest BCUT2D eigenvalue weighted by Gasteiger charge is -2.05. The van der Waals surface area contributed by atoms with Gasteiger partial charge in [-0.05, 0) is 35.9 Å². The summed E-state index contributed by atoms with van der Waals surface area (Å²) in [4.78, 5) is 11.8. The van der Waals surface area contributed by atoms with E-state index in [-0.39, 0.29) is 5.91 Å². The van der Waals surface area contributed by atoms with E-state index in [2.05, 4.69) is 21.2 Å². The number of hydrogen-bond donors (Lipinski definition) is 1. The normalized spacial score (nSPS) is 10.1. The summed E-state index contributed by atoms with van der Waals surface area (Å²) in [6.45, 7) is 0.411. The fourth-order valence-electron chi connectivity index (χ4n) is 1.56. The molecule has 92 valence electrons. The van der Waals surface area contributed by atoms with Gasteiger partial charge in [0.1, 0.15) is 5.82 Å². The maximum absolute atomic E-state index is 13.0. The van der Waals surface area contributed by atoms with Crippen LogP contribution in [-0.4, -0.2) is 5.91 Å². The molecule has 0 aliphatic carbocycles. The van der Waals surface area contributed by atoms with Crippen molar-refractivity contribution in [2.75, 3.05) is 0 Å². The van der Waals surface area contributed by atoms with E-state index in [1.54, 1.807) is 6.07 Å². The van der Waals surface area contributed by atoms with Crippen LogP contribution in [-0.2, 0) is 6.54 Å². The molecule has 0 aliphatic rings. The first kappa shape index (κ1) is 12.8. The van der Waals surface area contributed by atoms with Gasteiger partial charge in [-0.3, -0.25) is 4.79 Å². The van der Waals surface area contributed by atoms with E-state index < -0.39 is 5.82 Å². The van der Waals surface area contributed by atoms with Crippen LogP contribution in [0.2, 0.25) is 0 Å². The zero-order valence-corrected chi connectivity index (χ0v) is 11.1. The van der Waals surface area contributed by atoms with E-state index in [9.17, 15) is 9.18 Å². The van der Waals surface area contributed by atoms with Gasteiger partial charge in [0.05, 0.1) is 0 Å². The molecule has 0 radical (unpaired) electrons. The molecule has 0 atom stereocenters. The second-order valence-electron chi connectivity index (χ2n) is 3.82. The van der Waals surface area contributed by atoms with E-state index in [0.29, 0.717) is 12.1 Å². The van der Waals surface area contributed by atoms with Gasteiger partial charge in [0.25, 0.3) is 5.91 Å². The highest BCUT2D eigenvalue weighted by Gasteiger charge is 2.05. The predicted octanol–water partition coefficient (Wildman–Crippen LogP) is 3.52. The van der Waals surface area contributed by atoms with Crippen molar-refractivity contribution in [1.82, 2.24) is 5.32 Å². The Balaban J connectivity index is 2.00. The van der Waals surface area contributed by atoms with Crippen LogP contribution in [0.15, 0.2) is 53.0 Å². The Kier molecular flexibility index (Phi) is 4.10. The summed E-state index contributed by atoms with van der Waals surface area (Å²) in [7, 11) is 0. The minimum absolute atomic E-state index is 0.283. The molecule has 0 saturated heterocycles. The summed E-state index contributed by atoms with van der Waals surface area (Å²) < 4.78 is 13.9. The molecular weight excluding hydrogens is 297 g/mol. The zero-order valence-electron chi connectivity index (χ0n) is 9.49. The molecule has 0 fully saturated rings. The van der Waals surface area contributed by atoms with E-state index in [0.717, 1.165) is 10.0 Å². The Hall–Kier alpha value is -1.68. The molecule has 1 N–H and O–H groups in total. The van der Waals surface area contributed by atoms with Crippen molar-refractivity contribution in [2.45, 2.75) is 6.54 Å². The zero-order chi connectivity index (χ0) is 13.0. The number of halogens is 2. The number of nitrogens with one attached hydrogen (secondary N) is 1. The lowest BCUT2D eigenvalue weighted by Crippen LogP contribution is -2.22. The Morgan fingerprint density at radius 3 is 2.67 bits per heavy atom. The predicted molar refractivity (Wildman–Crippen MR) is 71.7 cm³/mol. The molecule has 0 spiro atoms. The lowest BCUT2D eigenvalue weighted by molar-refractivity contribution is 0.0950. The Bertz CT molecular complexity index is 571. The number of benzene rings is 2. The van der Waals surface area contributed by atoms with E-state index in [1.807, 2.05) is 24.3 Å². The van der Waals surface area contributed by atoms with Gasteiger partial charge in [-0.1, -0.05) is 34.1 Å². The monoisotopic (exact) mass is 307 g/mol. The van der Waals surface area contributed by atoms with Crippen molar-refractivity contribution in [3.05, 3.63) is 69.9 Å². The van der Waals surface area contributed by atoms with Gasteiger partial charge in [-0.15, -0.1) is 0 Å². The second kappa shape index (κ2) is 5.78. The van der Waals surface area contributed by atoms with Gasteiger partial charge in [0.2, 0.25) is 0 Å². The number of carbonyl (C=O) groups excluding carboxylic acids is 1. The first-order valence-electron chi connectivity index (χ1n) is 5.43. The van der Waals surface area contributed by atoms with Crippen LogP contribution in [0.3, 0.4) is 0 Å². The molecule has 2 aromatic carbocycles. The molecule has 2 nitrogen and oxygen atoms in total. The number of rotatable bonds is 3. The minimum Gasteiger partial charge on any atom is -0.348 e. The van der Waals surface area contributed by atoms with E-state index in [1.165, 1.54) is 18.2 Å². The Morgan fingerprint density at radius 2 is 1.94 bits per heavy atom. The fraction of sp³-hybridized carbons (Fsp3) is 0.0714. The van der Waals surface area contributed by atoms with Gasteiger partial charge in [-0.2, -0.15) is 0 Å². The number of carbonyl (C=O) groups is 1. The van der Waals surface area contributed by atoms with Crippen molar-refractivity contribution in [3.63, 3.8) is 0 Å². The maximum Gasteiger partial charge on any atom is 0.251 e.